The van der Waals surface area contributed by atoms with Crippen LogP contribution >= 0.6 is 7.60 Å². The summed E-state index contributed by atoms with van der Waals surface area (Å²) in [4.78, 5) is 30.9. The van der Waals surface area contributed by atoms with Gasteiger partial charge in [0.1, 0.15) is 17.4 Å². The Bertz CT molecular complexity index is 798. The van der Waals surface area contributed by atoms with E-state index in [4.69, 9.17) is 10.5 Å². The fraction of sp³-hybridized carbons (Fsp3) is 0.417. The Morgan fingerprint density at radius 1 is 1.45 bits per heavy atom. The molecule has 1 atom stereocenters. The molecule has 2 aromatic rings. The number of anilines is 1. The molecule has 4 N–H and O–H groups in total. The van der Waals surface area contributed by atoms with Crippen molar-refractivity contribution < 1.29 is 19.1 Å². The highest BCUT2D eigenvalue weighted by molar-refractivity contribution is 7.56. The van der Waals surface area contributed by atoms with E-state index in [1.54, 1.807) is 17.8 Å². The van der Waals surface area contributed by atoms with E-state index in [9.17, 15) is 14.4 Å². The Balaban J connectivity index is 1.97. The summed E-state index contributed by atoms with van der Waals surface area (Å²) in [6, 6.07) is 0. The Labute approximate surface area is 126 Å². The molecule has 0 radical (unpaired) electrons. The van der Waals surface area contributed by atoms with Crippen LogP contribution in [0.4, 0.5) is 5.82 Å². The zero-order chi connectivity index (χ0) is 16.0. The molecule has 0 saturated carbocycles. The van der Waals surface area contributed by atoms with Crippen LogP contribution in [-0.2, 0) is 15.8 Å². The van der Waals surface area contributed by atoms with Gasteiger partial charge in [0.25, 0.3) is 0 Å². The summed E-state index contributed by atoms with van der Waals surface area (Å²) in [5.74, 6) is 0.282. The molecule has 22 heavy (non-hydrogen) atoms. The topological polar surface area (TPSA) is 136 Å². The number of nitrogens with zero attached hydrogens (tertiary/aromatic N) is 4. The summed E-state index contributed by atoms with van der Waals surface area (Å²) < 4.78 is 18.9. The third-order valence-corrected chi connectivity index (χ3v) is 4.65. The lowest BCUT2D eigenvalue weighted by Crippen LogP contribution is -2.35. The van der Waals surface area contributed by atoms with E-state index in [1.807, 2.05) is 0 Å². The molecular formula is C12H16N5O4P. The number of imidazole rings is 1. The lowest BCUT2D eigenvalue weighted by atomic mass is 10.0. The molecule has 3 heterocycles. The van der Waals surface area contributed by atoms with Crippen LogP contribution in [0.5, 0.6) is 0 Å². The van der Waals surface area contributed by atoms with Crippen LogP contribution in [0.2, 0.25) is 0 Å². The summed E-state index contributed by atoms with van der Waals surface area (Å²) >= 11 is 0. The lowest BCUT2D eigenvalue weighted by Gasteiger charge is -2.32. The zero-order valence-corrected chi connectivity index (χ0v) is 12.8. The van der Waals surface area contributed by atoms with Gasteiger partial charge in [-0.25, -0.2) is 15.0 Å². The molecule has 0 saturated heterocycles. The first-order valence-electron chi connectivity index (χ1n) is 6.62. The summed E-state index contributed by atoms with van der Waals surface area (Å²) in [5, 5.41) is 0.0970. The second-order valence-corrected chi connectivity index (χ2v) is 7.06. The number of nitrogens with two attached hydrogens (primary N) is 1. The van der Waals surface area contributed by atoms with Gasteiger partial charge in [-0.1, -0.05) is 0 Å². The fourth-order valence-corrected chi connectivity index (χ4v) is 3.35. The standard InChI is InChI=1S/C12H16N5O4P/c1-12(4-8(2-3-21-12)22(18,19)20)5-17-7-16-9-10(13)14-6-15-11(9)17/h4,6-7H,2-3,5H2,1H3,(H2,13,14,15)(H2,18,19,20). The molecule has 10 heteroatoms. The van der Waals surface area contributed by atoms with Gasteiger partial charge in [0.2, 0.25) is 0 Å². The zero-order valence-electron chi connectivity index (χ0n) is 11.9. The first-order chi connectivity index (χ1) is 10.3. The maximum absolute atomic E-state index is 11.4. The molecule has 0 amide bonds. The Morgan fingerprint density at radius 2 is 2.23 bits per heavy atom. The average Bonchev–Trinajstić information content (AvgIpc) is 2.82. The number of rotatable bonds is 3. The molecule has 1 aliphatic rings. The van der Waals surface area contributed by atoms with E-state index in [-0.39, 0.29) is 24.2 Å². The van der Waals surface area contributed by atoms with E-state index >= 15 is 0 Å². The van der Waals surface area contributed by atoms with Gasteiger partial charge in [0.05, 0.1) is 19.5 Å². The summed E-state index contributed by atoms with van der Waals surface area (Å²) in [7, 11) is -4.26. The molecule has 0 fully saturated rings. The molecule has 0 aromatic carbocycles. The summed E-state index contributed by atoms with van der Waals surface area (Å²) in [6.07, 6.45) is 4.62. The number of ether oxygens (including phenoxy) is 1. The van der Waals surface area contributed by atoms with E-state index in [1.165, 1.54) is 12.4 Å². The predicted molar refractivity (Wildman–Crippen MR) is 78.8 cm³/mol. The van der Waals surface area contributed by atoms with Gasteiger partial charge in [-0.15, -0.1) is 0 Å². The highest BCUT2D eigenvalue weighted by Crippen LogP contribution is 2.49. The highest BCUT2D eigenvalue weighted by Gasteiger charge is 2.33. The lowest BCUT2D eigenvalue weighted by molar-refractivity contribution is -0.0131. The Kier molecular flexibility index (Phi) is 3.53. The first kappa shape index (κ1) is 15.1. The number of hydrogen-bond donors (Lipinski definition) is 3. The van der Waals surface area contributed by atoms with Crippen molar-refractivity contribution in [3.8, 4) is 0 Å². The van der Waals surface area contributed by atoms with Crippen LogP contribution < -0.4 is 5.73 Å². The van der Waals surface area contributed by atoms with Crippen molar-refractivity contribution in [1.29, 1.82) is 0 Å². The van der Waals surface area contributed by atoms with Crippen LogP contribution in [0.1, 0.15) is 13.3 Å². The van der Waals surface area contributed by atoms with Crippen molar-refractivity contribution in [2.75, 3.05) is 12.3 Å². The molecule has 0 spiro atoms. The van der Waals surface area contributed by atoms with Crippen molar-refractivity contribution in [2.45, 2.75) is 25.5 Å². The highest BCUT2D eigenvalue weighted by atomic mass is 31.2. The van der Waals surface area contributed by atoms with Gasteiger partial charge in [-0.3, -0.25) is 4.57 Å². The van der Waals surface area contributed by atoms with Crippen LogP contribution in [0.15, 0.2) is 24.0 Å². The normalized spacial score (nSPS) is 22.8. The number of hydrogen-bond acceptors (Lipinski definition) is 6. The van der Waals surface area contributed by atoms with E-state index in [0.717, 1.165) is 0 Å². The van der Waals surface area contributed by atoms with Gasteiger partial charge >= 0.3 is 7.60 Å². The summed E-state index contributed by atoms with van der Waals surface area (Å²) in [5.41, 5.74) is 5.92. The summed E-state index contributed by atoms with van der Waals surface area (Å²) in [6.45, 7) is 2.32. The third kappa shape index (κ3) is 2.76. The molecule has 0 bridgehead atoms. The molecular weight excluding hydrogens is 309 g/mol. The van der Waals surface area contributed by atoms with Gasteiger partial charge in [0, 0.05) is 11.7 Å². The molecule has 3 rings (SSSR count). The van der Waals surface area contributed by atoms with Crippen LogP contribution in [0.3, 0.4) is 0 Å². The van der Waals surface area contributed by atoms with Crippen molar-refractivity contribution in [3.63, 3.8) is 0 Å². The maximum Gasteiger partial charge on any atom is 0.352 e. The van der Waals surface area contributed by atoms with Gasteiger partial charge in [0.15, 0.2) is 11.5 Å². The van der Waals surface area contributed by atoms with Gasteiger partial charge in [-0.05, 0) is 13.0 Å². The second-order valence-electron chi connectivity index (χ2n) is 5.39. The SMILES string of the molecule is CC1(Cn2cnc3c(N)ncnc32)C=C(P(=O)(O)O)CCO1. The van der Waals surface area contributed by atoms with Crippen LogP contribution in [0.25, 0.3) is 11.2 Å². The quantitative estimate of drug-likeness (QED) is 0.700. The van der Waals surface area contributed by atoms with Crippen molar-refractivity contribution in [3.05, 3.63) is 24.0 Å². The number of nitrogen functional groups attached to an aromatic ring is 1. The van der Waals surface area contributed by atoms with Crippen molar-refractivity contribution in [2.24, 2.45) is 0 Å². The molecule has 2 aromatic heterocycles. The van der Waals surface area contributed by atoms with E-state index in [2.05, 4.69) is 15.0 Å². The van der Waals surface area contributed by atoms with Crippen LogP contribution in [-0.4, -0.2) is 41.5 Å². The minimum Gasteiger partial charge on any atom is -0.382 e. The minimum atomic E-state index is -4.26. The third-order valence-electron chi connectivity index (χ3n) is 3.55. The van der Waals surface area contributed by atoms with Crippen molar-refractivity contribution in [1.82, 2.24) is 19.5 Å². The fourth-order valence-electron chi connectivity index (χ4n) is 2.53. The molecule has 1 unspecified atom stereocenters. The Hall–Kier alpha value is -1.80. The van der Waals surface area contributed by atoms with E-state index < -0.39 is 13.2 Å². The number of fused-ring (bicyclic) bond motifs is 1. The maximum atomic E-state index is 11.4. The Morgan fingerprint density at radius 3 is 2.95 bits per heavy atom. The van der Waals surface area contributed by atoms with Gasteiger partial charge in [-0.2, -0.15) is 0 Å². The largest absolute Gasteiger partial charge is 0.382 e. The predicted octanol–water partition coefficient (Wildman–Crippen LogP) is 0.649. The average molecular weight is 325 g/mol. The molecule has 0 aliphatic carbocycles. The molecule has 9 nitrogen and oxygen atoms in total. The first-order valence-corrected chi connectivity index (χ1v) is 8.23. The number of aromatic nitrogens is 4. The monoisotopic (exact) mass is 325 g/mol. The van der Waals surface area contributed by atoms with E-state index in [0.29, 0.717) is 17.7 Å². The van der Waals surface area contributed by atoms with Crippen molar-refractivity contribution >= 4 is 24.6 Å². The minimum absolute atomic E-state index is 0.0970. The molecule has 1 aliphatic heterocycles. The van der Waals surface area contributed by atoms with Crippen LogP contribution in [0, 0.1) is 0 Å². The second kappa shape index (κ2) is 5.13. The van der Waals surface area contributed by atoms with Gasteiger partial charge < -0.3 is 24.8 Å². The smallest absolute Gasteiger partial charge is 0.352 e. The molecule has 118 valence electrons.